The highest BCUT2D eigenvalue weighted by Gasteiger charge is 2.16. The van der Waals surface area contributed by atoms with Gasteiger partial charge in [-0.2, -0.15) is 0 Å². The van der Waals surface area contributed by atoms with E-state index in [4.69, 9.17) is 0 Å². The van der Waals surface area contributed by atoms with E-state index in [2.05, 4.69) is 31.0 Å². The molecule has 0 unspecified atom stereocenters. The van der Waals surface area contributed by atoms with Gasteiger partial charge in [-0.1, -0.05) is 20.8 Å². The summed E-state index contributed by atoms with van der Waals surface area (Å²) in [6, 6.07) is 5.48. The monoisotopic (exact) mass is 250 g/mol. The van der Waals surface area contributed by atoms with E-state index in [1.165, 1.54) is 12.8 Å². The lowest BCUT2D eigenvalue weighted by molar-refractivity contribution is 0.443. The number of anilines is 2. The van der Waals surface area contributed by atoms with Gasteiger partial charge in [-0.15, -0.1) is 0 Å². The highest BCUT2D eigenvalue weighted by Crippen LogP contribution is 2.26. The van der Waals surface area contributed by atoms with Crippen LogP contribution < -0.4 is 10.2 Å². The number of nitrogens with zero attached hydrogens (tertiary/aromatic N) is 1. The van der Waals surface area contributed by atoms with Gasteiger partial charge in [0.15, 0.2) is 0 Å². The Kier molecular flexibility index (Phi) is 3.79. The van der Waals surface area contributed by atoms with Crippen LogP contribution in [0.15, 0.2) is 18.2 Å². The molecule has 1 aliphatic rings. The predicted molar refractivity (Wildman–Crippen MR) is 75.8 cm³/mol. The molecule has 1 heterocycles. The van der Waals surface area contributed by atoms with Crippen molar-refractivity contribution >= 4 is 11.4 Å². The van der Waals surface area contributed by atoms with Gasteiger partial charge >= 0.3 is 0 Å². The summed E-state index contributed by atoms with van der Waals surface area (Å²) >= 11 is 0. The van der Waals surface area contributed by atoms with Crippen molar-refractivity contribution in [2.24, 2.45) is 5.41 Å². The summed E-state index contributed by atoms with van der Waals surface area (Å²) in [6.45, 7) is 9.28. The van der Waals surface area contributed by atoms with E-state index in [9.17, 15) is 4.39 Å². The lowest BCUT2D eigenvalue weighted by Gasteiger charge is -2.21. The Hall–Kier alpha value is -1.25. The van der Waals surface area contributed by atoms with Crippen LogP contribution in [-0.2, 0) is 0 Å². The average Bonchev–Trinajstić information content (AvgIpc) is 2.79. The molecule has 100 valence electrons. The topological polar surface area (TPSA) is 15.3 Å². The smallest absolute Gasteiger partial charge is 0.148 e. The molecule has 0 atom stereocenters. The van der Waals surface area contributed by atoms with Crippen LogP contribution in [-0.4, -0.2) is 19.6 Å². The highest BCUT2D eigenvalue weighted by molar-refractivity contribution is 5.56. The molecular weight excluding hydrogens is 227 g/mol. The summed E-state index contributed by atoms with van der Waals surface area (Å²) in [6.07, 6.45) is 2.34. The Morgan fingerprint density at radius 2 is 1.89 bits per heavy atom. The van der Waals surface area contributed by atoms with Gasteiger partial charge in [0.2, 0.25) is 0 Å². The summed E-state index contributed by atoms with van der Waals surface area (Å²) in [4.78, 5) is 2.13. The van der Waals surface area contributed by atoms with Crippen LogP contribution in [0.1, 0.15) is 33.6 Å². The van der Waals surface area contributed by atoms with Crippen molar-refractivity contribution in [2.45, 2.75) is 33.6 Å². The van der Waals surface area contributed by atoms with Gasteiger partial charge in [0.25, 0.3) is 0 Å². The van der Waals surface area contributed by atoms with E-state index >= 15 is 0 Å². The van der Waals surface area contributed by atoms with Crippen molar-refractivity contribution in [3.63, 3.8) is 0 Å². The molecule has 1 aromatic carbocycles. The first-order chi connectivity index (χ1) is 8.46. The molecular formula is C15H23FN2. The SMILES string of the molecule is CC(C)(C)CNc1ccc(N2CCCC2)c(F)c1. The summed E-state index contributed by atoms with van der Waals surface area (Å²) in [7, 11) is 0. The Morgan fingerprint density at radius 1 is 1.22 bits per heavy atom. The van der Waals surface area contributed by atoms with Crippen molar-refractivity contribution in [3.8, 4) is 0 Å². The van der Waals surface area contributed by atoms with Gasteiger partial charge in [0.1, 0.15) is 5.82 Å². The van der Waals surface area contributed by atoms with Gasteiger partial charge in [-0.3, -0.25) is 0 Å². The third-order valence-corrected chi connectivity index (χ3v) is 3.22. The summed E-state index contributed by atoms with van der Waals surface area (Å²) < 4.78 is 14.0. The summed E-state index contributed by atoms with van der Waals surface area (Å²) in [5.74, 6) is -0.115. The first-order valence-electron chi connectivity index (χ1n) is 6.74. The molecule has 1 N–H and O–H groups in total. The van der Waals surface area contributed by atoms with Crippen molar-refractivity contribution in [1.82, 2.24) is 0 Å². The predicted octanol–water partition coefficient (Wildman–Crippen LogP) is 3.88. The molecule has 1 aliphatic heterocycles. The van der Waals surface area contributed by atoms with Crippen LogP contribution in [0.25, 0.3) is 0 Å². The highest BCUT2D eigenvalue weighted by atomic mass is 19.1. The minimum atomic E-state index is -0.115. The largest absolute Gasteiger partial charge is 0.384 e. The zero-order valence-electron chi connectivity index (χ0n) is 11.6. The van der Waals surface area contributed by atoms with E-state index < -0.39 is 0 Å². The second-order valence-corrected chi connectivity index (χ2v) is 6.27. The molecule has 0 aliphatic carbocycles. The quantitative estimate of drug-likeness (QED) is 0.875. The zero-order chi connectivity index (χ0) is 13.2. The van der Waals surface area contributed by atoms with Crippen molar-refractivity contribution < 1.29 is 4.39 Å². The number of rotatable bonds is 3. The number of benzene rings is 1. The molecule has 0 spiro atoms. The van der Waals surface area contributed by atoms with Crippen LogP contribution in [0, 0.1) is 11.2 Å². The van der Waals surface area contributed by atoms with Crippen LogP contribution in [0.3, 0.4) is 0 Å². The molecule has 3 heteroatoms. The van der Waals surface area contributed by atoms with Gasteiger partial charge in [-0.05, 0) is 36.5 Å². The summed E-state index contributed by atoms with van der Waals surface area (Å²) in [5.41, 5.74) is 1.81. The molecule has 0 amide bonds. The molecule has 1 aromatic rings. The van der Waals surface area contributed by atoms with Crippen molar-refractivity contribution in [2.75, 3.05) is 29.9 Å². The van der Waals surface area contributed by atoms with Gasteiger partial charge in [0.05, 0.1) is 5.69 Å². The third-order valence-electron chi connectivity index (χ3n) is 3.22. The zero-order valence-corrected chi connectivity index (χ0v) is 11.6. The van der Waals surface area contributed by atoms with Crippen molar-refractivity contribution in [3.05, 3.63) is 24.0 Å². The molecule has 0 aromatic heterocycles. The molecule has 0 saturated carbocycles. The van der Waals surface area contributed by atoms with Crippen LogP contribution in [0.4, 0.5) is 15.8 Å². The second-order valence-electron chi connectivity index (χ2n) is 6.27. The maximum absolute atomic E-state index is 14.0. The molecule has 2 nitrogen and oxygen atoms in total. The lowest BCUT2D eigenvalue weighted by Crippen LogP contribution is -2.20. The third kappa shape index (κ3) is 3.37. The number of hydrogen-bond acceptors (Lipinski definition) is 2. The number of hydrogen-bond donors (Lipinski definition) is 1. The molecule has 0 radical (unpaired) electrons. The first kappa shape index (κ1) is 13.2. The lowest BCUT2D eigenvalue weighted by atomic mass is 9.97. The number of nitrogens with one attached hydrogen (secondary N) is 1. The average molecular weight is 250 g/mol. The van der Waals surface area contributed by atoms with Gasteiger partial charge in [-0.25, -0.2) is 4.39 Å². The fourth-order valence-corrected chi connectivity index (χ4v) is 2.20. The van der Waals surface area contributed by atoms with Gasteiger partial charge < -0.3 is 10.2 Å². The summed E-state index contributed by atoms with van der Waals surface area (Å²) in [5, 5.41) is 3.28. The minimum Gasteiger partial charge on any atom is -0.384 e. The molecule has 18 heavy (non-hydrogen) atoms. The molecule has 0 bridgehead atoms. The van der Waals surface area contributed by atoms with E-state index in [0.29, 0.717) is 0 Å². The molecule has 2 rings (SSSR count). The maximum Gasteiger partial charge on any atom is 0.148 e. The van der Waals surface area contributed by atoms with E-state index in [-0.39, 0.29) is 11.2 Å². The van der Waals surface area contributed by atoms with Crippen LogP contribution >= 0.6 is 0 Å². The standard InChI is InChI=1S/C15H23FN2/c1-15(2,3)11-17-12-6-7-14(13(16)10-12)18-8-4-5-9-18/h6-7,10,17H,4-5,8-9,11H2,1-3H3. The molecule has 1 saturated heterocycles. The normalized spacial score (nSPS) is 16.1. The Morgan fingerprint density at radius 3 is 2.44 bits per heavy atom. The Bertz CT molecular complexity index is 403. The Labute approximate surface area is 109 Å². The van der Waals surface area contributed by atoms with Crippen molar-refractivity contribution in [1.29, 1.82) is 0 Å². The molecule has 1 fully saturated rings. The van der Waals surface area contributed by atoms with Gasteiger partial charge in [0, 0.05) is 25.3 Å². The number of halogens is 1. The fraction of sp³-hybridized carbons (Fsp3) is 0.600. The fourth-order valence-electron chi connectivity index (χ4n) is 2.20. The Balaban J connectivity index is 2.05. The van der Waals surface area contributed by atoms with Crippen LogP contribution in [0.5, 0.6) is 0 Å². The maximum atomic E-state index is 14.0. The van der Waals surface area contributed by atoms with Crippen LogP contribution in [0.2, 0.25) is 0 Å². The first-order valence-corrected chi connectivity index (χ1v) is 6.74. The minimum absolute atomic E-state index is 0.115. The van der Waals surface area contributed by atoms with E-state index in [0.717, 1.165) is 31.0 Å². The van der Waals surface area contributed by atoms with E-state index in [1.807, 2.05) is 12.1 Å². The second kappa shape index (κ2) is 5.17. The van der Waals surface area contributed by atoms with E-state index in [1.54, 1.807) is 6.07 Å².